The van der Waals surface area contributed by atoms with E-state index in [2.05, 4.69) is 30.1 Å². The van der Waals surface area contributed by atoms with Crippen molar-refractivity contribution in [3.05, 3.63) is 52.3 Å². The Morgan fingerprint density at radius 3 is 3.00 bits per heavy atom. The summed E-state index contributed by atoms with van der Waals surface area (Å²) in [6, 6.07) is 1.94. The lowest BCUT2D eigenvalue weighted by molar-refractivity contribution is 0.0697. The second kappa shape index (κ2) is 6.92. The number of thiazole rings is 1. The molecule has 140 valence electrons. The van der Waals surface area contributed by atoms with Crippen molar-refractivity contribution in [2.24, 2.45) is 0 Å². The van der Waals surface area contributed by atoms with Gasteiger partial charge in [-0.15, -0.1) is 11.3 Å². The summed E-state index contributed by atoms with van der Waals surface area (Å²) in [5.74, 6) is 1.89. The number of carbonyl (C=O) groups excluding carboxylic acids is 1. The van der Waals surface area contributed by atoms with E-state index in [1.165, 1.54) is 12.8 Å². The van der Waals surface area contributed by atoms with Crippen LogP contribution in [0.25, 0.3) is 0 Å². The fourth-order valence-corrected chi connectivity index (χ4v) is 4.44. The lowest BCUT2D eigenvalue weighted by Crippen LogP contribution is -2.40. The summed E-state index contributed by atoms with van der Waals surface area (Å²) >= 11 is 1.61. The van der Waals surface area contributed by atoms with Gasteiger partial charge in [0.25, 0.3) is 5.91 Å². The van der Waals surface area contributed by atoms with Crippen LogP contribution in [0.5, 0.6) is 0 Å². The molecule has 1 amide bonds. The highest BCUT2D eigenvalue weighted by Gasteiger charge is 2.31. The van der Waals surface area contributed by atoms with Crippen LogP contribution < -0.4 is 0 Å². The predicted molar refractivity (Wildman–Crippen MR) is 102 cm³/mol. The second-order valence-electron chi connectivity index (χ2n) is 7.47. The van der Waals surface area contributed by atoms with Crippen LogP contribution in [0, 0.1) is 0 Å². The Balaban J connectivity index is 1.30. The SMILES string of the molecule is O=C(c1cc(C2CC2)[nH]n1)N1CCC[C@H](c2nccn2Cc2cscn2)C1. The molecule has 1 aliphatic carbocycles. The smallest absolute Gasteiger partial charge is 0.274 e. The highest BCUT2D eigenvalue weighted by molar-refractivity contribution is 7.07. The zero-order valence-corrected chi connectivity index (χ0v) is 15.9. The molecule has 0 unspecified atom stereocenters. The molecule has 27 heavy (non-hydrogen) atoms. The largest absolute Gasteiger partial charge is 0.337 e. The number of amides is 1. The first kappa shape index (κ1) is 16.7. The Kier molecular flexibility index (Phi) is 4.27. The lowest BCUT2D eigenvalue weighted by Gasteiger charge is -2.32. The molecule has 1 saturated heterocycles. The maximum atomic E-state index is 12.9. The number of likely N-dealkylation sites (tertiary alicyclic amines) is 1. The molecule has 3 aromatic rings. The van der Waals surface area contributed by atoms with Crippen LogP contribution in [0.15, 0.2) is 29.4 Å². The molecular weight excluding hydrogens is 360 g/mol. The number of aromatic nitrogens is 5. The van der Waals surface area contributed by atoms with Crippen molar-refractivity contribution >= 4 is 17.2 Å². The van der Waals surface area contributed by atoms with Crippen LogP contribution in [-0.2, 0) is 6.54 Å². The normalized spacial score (nSPS) is 20.1. The van der Waals surface area contributed by atoms with E-state index in [4.69, 9.17) is 0 Å². The highest BCUT2D eigenvalue weighted by atomic mass is 32.1. The van der Waals surface area contributed by atoms with E-state index < -0.39 is 0 Å². The van der Waals surface area contributed by atoms with E-state index in [-0.39, 0.29) is 11.8 Å². The standard InChI is InChI=1S/C19H22N6OS/c26-19(17-8-16(22-23-17)13-3-4-13)25-6-1-2-14(9-25)18-20-5-7-24(18)10-15-11-27-12-21-15/h5,7-8,11-14H,1-4,6,9-10H2,(H,22,23)/t14-/m0/s1. The van der Waals surface area contributed by atoms with Gasteiger partial charge < -0.3 is 9.47 Å². The molecule has 1 atom stereocenters. The molecule has 1 saturated carbocycles. The van der Waals surface area contributed by atoms with Gasteiger partial charge in [0.1, 0.15) is 11.5 Å². The molecule has 5 rings (SSSR count). The molecule has 8 heteroatoms. The number of imidazole rings is 1. The van der Waals surface area contributed by atoms with E-state index in [0.717, 1.165) is 43.1 Å². The molecule has 1 aliphatic heterocycles. The van der Waals surface area contributed by atoms with Gasteiger partial charge in [-0.2, -0.15) is 5.10 Å². The van der Waals surface area contributed by atoms with Gasteiger partial charge in [-0.1, -0.05) is 0 Å². The third kappa shape index (κ3) is 3.41. The molecule has 2 fully saturated rings. The van der Waals surface area contributed by atoms with Crippen LogP contribution in [0.1, 0.15) is 65.2 Å². The summed E-state index contributed by atoms with van der Waals surface area (Å²) in [7, 11) is 0. The number of hydrogen-bond acceptors (Lipinski definition) is 5. The number of rotatable bonds is 5. The van der Waals surface area contributed by atoms with E-state index in [1.807, 2.05) is 28.9 Å². The van der Waals surface area contributed by atoms with Gasteiger partial charge in [0, 0.05) is 48.4 Å². The molecule has 7 nitrogen and oxygen atoms in total. The van der Waals surface area contributed by atoms with Crippen molar-refractivity contribution in [2.45, 2.75) is 44.1 Å². The van der Waals surface area contributed by atoms with Crippen molar-refractivity contribution in [2.75, 3.05) is 13.1 Å². The Bertz CT molecular complexity index is 926. The van der Waals surface area contributed by atoms with Crippen LogP contribution >= 0.6 is 11.3 Å². The van der Waals surface area contributed by atoms with Gasteiger partial charge in [0.2, 0.25) is 0 Å². The third-order valence-electron chi connectivity index (χ3n) is 5.47. The van der Waals surface area contributed by atoms with Crippen LogP contribution in [0.3, 0.4) is 0 Å². The average Bonchev–Trinajstić information content (AvgIpc) is 3.10. The fourth-order valence-electron chi connectivity index (χ4n) is 3.89. The van der Waals surface area contributed by atoms with Crippen LogP contribution in [-0.4, -0.2) is 48.6 Å². The minimum atomic E-state index is 0.0282. The minimum Gasteiger partial charge on any atom is -0.337 e. The Labute approximate surface area is 161 Å². The minimum absolute atomic E-state index is 0.0282. The maximum Gasteiger partial charge on any atom is 0.274 e. The van der Waals surface area contributed by atoms with E-state index in [9.17, 15) is 4.79 Å². The molecule has 0 spiro atoms. The number of nitrogens with zero attached hydrogens (tertiary/aromatic N) is 5. The van der Waals surface area contributed by atoms with Gasteiger partial charge in [-0.25, -0.2) is 9.97 Å². The third-order valence-corrected chi connectivity index (χ3v) is 6.11. The van der Waals surface area contributed by atoms with Crippen molar-refractivity contribution in [1.29, 1.82) is 0 Å². The van der Waals surface area contributed by atoms with Crippen molar-refractivity contribution in [3.8, 4) is 0 Å². The van der Waals surface area contributed by atoms with Crippen LogP contribution in [0.4, 0.5) is 0 Å². The fraction of sp³-hybridized carbons (Fsp3) is 0.474. The Morgan fingerprint density at radius 1 is 1.26 bits per heavy atom. The number of piperidine rings is 1. The lowest BCUT2D eigenvalue weighted by atomic mass is 9.96. The summed E-state index contributed by atoms with van der Waals surface area (Å²) in [5.41, 5.74) is 4.55. The Morgan fingerprint density at radius 2 is 2.19 bits per heavy atom. The van der Waals surface area contributed by atoms with E-state index >= 15 is 0 Å². The van der Waals surface area contributed by atoms with Gasteiger partial charge in [0.05, 0.1) is 17.7 Å². The van der Waals surface area contributed by atoms with Crippen molar-refractivity contribution < 1.29 is 4.79 Å². The van der Waals surface area contributed by atoms with E-state index in [1.54, 1.807) is 11.3 Å². The number of nitrogens with one attached hydrogen (secondary N) is 1. The monoisotopic (exact) mass is 382 g/mol. The number of carbonyl (C=O) groups is 1. The van der Waals surface area contributed by atoms with Gasteiger partial charge >= 0.3 is 0 Å². The Hall–Kier alpha value is -2.48. The zero-order chi connectivity index (χ0) is 18.2. The maximum absolute atomic E-state index is 12.9. The topological polar surface area (TPSA) is 79.7 Å². The second-order valence-corrected chi connectivity index (χ2v) is 8.18. The van der Waals surface area contributed by atoms with Gasteiger partial charge in [-0.05, 0) is 31.7 Å². The summed E-state index contributed by atoms with van der Waals surface area (Å²) in [5, 5.41) is 9.37. The molecule has 1 N–H and O–H groups in total. The zero-order valence-electron chi connectivity index (χ0n) is 15.0. The van der Waals surface area contributed by atoms with E-state index in [0.29, 0.717) is 18.2 Å². The first-order valence-electron chi connectivity index (χ1n) is 9.50. The molecule has 0 bridgehead atoms. The average molecular weight is 382 g/mol. The van der Waals surface area contributed by atoms with Gasteiger partial charge in [-0.3, -0.25) is 9.89 Å². The molecule has 4 heterocycles. The van der Waals surface area contributed by atoms with Crippen molar-refractivity contribution in [1.82, 2.24) is 29.6 Å². The number of hydrogen-bond donors (Lipinski definition) is 1. The summed E-state index contributed by atoms with van der Waals surface area (Å²) in [6.07, 6.45) is 8.28. The quantitative estimate of drug-likeness (QED) is 0.736. The number of aromatic amines is 1. The molecule has 0 radical (unpaired) electrons. The molecule has 2 aliphatic rings. The molecule has 0 aromatic carbocycles. The first-order chi connectivity index (χ1) is 13.3. The molecule has 3 aromatic heterocycles. The first-order valence-corrected chi connectivity index (χ1v) is 10.4. The van der Waals surface area contributed by atoms with Crippen molar-refractivity contribution in [3.63, 3.8) is 0 Å². The number of H-pyrrole nitrogens is 1. The predicted octanol–water partition coefficient (Wildman–Crippen LogP) is 3.01. The summed E-state index contributed by atoms with van der Waals surface area (Å²) in [4.78, 5) is 23.8. The summed E-state index contributed by atoms with van der Waals surface area (Å²) < 4.78 is 2.16. The van der Waals surface area contributed by atoms with Gasteiger partial charge in [0.15, 0.2) is 0 Å². The molecular formula is C19H22N6OS. The summed E-state index contributed by atoms with van der Waals surface area (Å²) in [6.45, 7) is 2.21. The van der Waals surface area contributed by atoms with Crippen LogP contribution in [0.2, 0.25) is 0 Å². The highest BCUT2D eigenvalue weighted by Crippen LogP contribution is 2.39.